The van der Waals surface area contributed by atoms with E-state index in [1.165, 1.54) is 25.9 Å². The number of likely N-dealkylation sites (tertiary alicyclic amines) is 1. The lowest BCUT2D eigenvalue weighted by Gasteiger charge is -2.14. The van der Waals surface area contributed by atoms with Crippen molar-refractivity contribution in [2.45, 2.75) is 25.8 Å². The zero-order chi connectivity index (χ0) is 27.3. The van der Waals surface area contributed by atoms with E-state index in [9.17, 15) is 4.79 Å². The van der Waals surface area contributed by atoms with Crippen LogP contribution < -0.4 is 10.1 Å². The third kappa shape index (κ3) is 6.32. The van der Waals surface area contributed by atoms with E-state index >= 15 is 0 Å². The summed E-state index contributed by atoms with van der Waals surface area (Å²) in [6.45, 7) is 4.12. The fourth-order valence-corrected chi connectivity index (χ4v) is 5.11. The molecule has 1 fully saturated rings. The first-order chi connectivity index (χ1) is 19.6. The Kier molecular flexibility index (Phi) is 7.74. The van der Waals surface area contributed by atoms with Gasteiger partial charge < -0.3 is 10.1 Å². The summed E-state index contributed by atoms with van der Waals surface area (Å²) in [5, 5.41) is 12.6. The van der Waals surface area contributed by atoms with Crippen LogP contribution in [-0.4, -0.2) is 61.4 Å². The van der Waals surface area contributed by atoms with Crippen molar-refractivity contribution in [3.63, 3.8) is 0 Å². The van der Waals surface area contributed by atoms with Crippen molar-refractivity contribution in [3.8, 4) is 17.0 Å². The molecule has 0 radical (unpaired) electrons. The number of nitrogens with one attached hydrogen (secondary N) is 1. The monoisotopic (exact) mass is 555 g/mol. The first-order valence-corrected chi connectivity index (χ1v) is 13.8. The Morgan fingerprint density at radius 2 is 1.85 bits per heavy atom. The summed E-state index contributed by atoms with van der Waals surface area (Å²) in [5.74, 6) is 1.41. The first-order valence-electron chi connectivity index (χ1n) is 13.5. The van der Waals surface area contributed by atoms with Gasteiger partial charge in [-0.1, -0.05) is 35.9 Å². The number of anilines is 1. The predicted molar refractivity (Wildman–Crippen MR) is 155 cm³/mol. The summed E-state index contributed by atoms with van der Waals surface area (Å²) in [6, 6.07) is 21.0. The molecular weight excluding hydrogens is 526 g/mol. The average molecular weight is 556 g/mol. The Morgan fingerprint density at radius 1 is 1.02 bits per heavy atom. The minimum absolute atomic E-state index is 0.0725. The molecule has 0 bridgehead atoms. The van der Waals surface area contributed by atoms with E-state index in [0.717, 1.165) is 40.6 Å². The molecule has 0 saturated carbocycles. The highest BCUT2D eigenvalue weighted by Gasteiger charge is 2.13. The quantitative estimate of drug-likeness (QED) is 0.262. The third-order valence-electron chi connectivity index (χ3n) is 6.91. The number of pyridine rings is 1. The molecule has 1 saturated heterocycles. The van der Waals surface area contributed by atoms with Crippen LogP contribution >= 0.6 is 11.6 Å². The second-order valence-electron chi connectivity index (χ2n) is 9.91. The van der Waals surface area contributed by atoms with Gasteiger partial charge in [-0.05, 0) is 74.0 Å². The van der Waals surface area contributed by atoms with Gasteiger partial charge in [0.15, 0.2) is 11.5 Å². The number of halogens is 1. The molecule has 1 aliphatic heterocycles. The van der Waals surface area contributed by atoms with Crippen LogP contribution in [-0.2, 0) is 17.8 Å². The van der Waals surface area contributed by atoms with E-state index in [2.05, 4.69) is 27.4 Å². The zero-order valence-corrected chi connectivity index (χ0v) is 22.8. The molecule has 4 heterocycles. The van der Waals surface area contributed by atoms with Crippen molar-refractivity contribution in [2.75, 3.05) is 31.6 Å². The molecule has 5 aromatic rings. The normalized spacial score (nSPS) is 13.6. The van der Waals surface area contributed by atoms with Gasteiger partial charge in [-0.2, -0.15) is 10.2 Å². The summed E-state index contributed by atoms with van der Waals surface area (Å²) in [5.41, 5.74) is 4.20. The molecular formula is C30H30ClN7O2. The highest BCUT2D eigenvalue weighted by Crippen LogP contribution is 2.21. The predicted octanol–water partition coefficient (Wildman–Crippen LogP) is 4.95. The minimum Gasteiger partial charge on any atom is -0.492 e. The van der Waals surface area contributed by atoms with Crippen LogP contribution in [0.4, 0.5) is 5.69 Å². The van der Waals surface area contributed by atoms with Gasteiger partial charge >= 0.3 is 0 Å². The second kappa shape index (κ2) is 11.9. The Balaban J connectivity index is 1.09. The topological polar surface area (TPSA) is 89.6 Å². The maximum absolute atomic E-state index is 12.5. The minimum atomic E-state index is -0.193. The maximum Gasteiger partial charge on any atom is 0.246 e. The average Bonchev–Trinajstić information content (AvgIpc) is 3.71. The molecule has 2 aromatic carbocycles. The van der Waals surface area contributed by atoms with E-state index in [4.69, 9.17) is 26.4 Å². The van der Waals surface area contributed by atoms with E-state index in [0.29, 0.717) is 23.7 Å². The standard InChI is InChI=1S/C30H30ClN7O2/c31-24-5-3-6-25(18-24)33-30(39)21-37-20-23(19-32-37)27-7-4-8-29-34-28(35-38(27)29)17-22-9-11-26(12-10-22)40-16-15-36-13-1-2-14-36/h3-12,18-20H,1-2,13-17,21H2,(H,33,39). The van der Waals surface area contributed by atoms with Crippen LogP contribution in [0.5, 0.6) is 5.75 Å². The Bertz CT molecular complexity index is 1610. The van der Waals surface area contributed by atoms with Gasteiger partial charge in [0.25, 0.3) is 0 Å². The Morgan fingerprint density at radius 3 is 2.67 bits per heavy atom. The summed E-state index contributed by atoms with van der Waals surface area (Å²) in [4.78, 5) is 19.7. The molecule has 0 atom stereocenters. The number of benzene rings is 2. The number of nitrogens with zero attached hydrogens (tertiary/aromatic N) is 6. The second-order valence-corrected chi connectivity index (χ2v) is 10.3. The van der Waals surface area contributed by atoms with Gasteiger partial charge in [0.05, 0.1) is 11.9 Å². The molecule has 0 aliphatic carbocycles. The van der Waals surface area contributed by atoms with E-state index in [-0.39, 0.29) is 12.5 Å². The van der Waals surface area contributed by atoms with Crippen LogP contribution in [0.3, 0.4) is 0 Å². The van der Waals surface area contributed by atoms with Crippen molar-refractivity contribution in [2.24, 2.45) is 0 Å². The molecule has 10 heteroatoms. The molecule has 1 N–H and O–H groups in total. The molecule has 0 spiro atoms. The van der Waals surface area contributed by atoms with Crippen molar-refractivity contribution < 1.29 is 9.53 Å². The molecule has 40 heavy (non-hydrogen) atoms. The lowest BCUT2D eigenvalue weighted by atomic mass is 10.1. The Labute approximate surface area is 237 Å². The number of hydrogen-bond acceptors (Lipinski definition) is 6. The highest BCUT2D eigenvalue weighted by molar-refractivity contribution is 6.30. The number of aromatic nitrogens is 5. The van der Waals surface area contributed by atoms with E-state index in [1.54, 1.807) is 35.1 Å². The van der Waals surface area contributed by atoms with Crippen LogP contribution in [0, 0.1) is 0 Å². The lowest BCUT2D eigenvalue weighted by molar-refractivity contribution is -0.116. The smallest absolute Gasteiger partial charge is 0.246 e. The number of ether oxygens (including phenoxy) is 1. The van der Waals surface area contributed by atoms with Crippen LogP contribution in [0.15, 0.2) is 79.1 Å². The SMILES string of the molecule is O=C(Cn1cc(-c2cccc3nc(Cc4ccc(OCCN5CCCC5)cc4)nn23)cn1)Nc1cccc(Cl)c1. The zero-order valence-electron chi connectivity index (χ0n) is 22.0. The molecule has 1 aliphatic rings. The number of rotatable bonds is 10. The van der Waals surface area contributed by atoms with Crippen LogP contribution in [0.25, 0.3) is 16.9 Å². The number of hydrogen-bond donors (Lipinski definition) is 1. The largest absolute Gasteiger partial charge is 0.492 e. The maximum atomic E-state index is 12.5. The van der Waals surface area contributed by atoms with E-state index < -0.39 is 0 Å². The molecule has 0 unspecified atom stereocenters. The van der Waals surface area contributed by atoms with Gasteiger partial charge in [-0.15, -0.1) is 0 Å². The van der Waals surface area contributed by atoms with Gasteiger partial charge in [0.1, 0.15) is 18.9 Å². The summed E-state index contributed by atoms with van der Waals surface area (Å²) in [7, 11) is 0. The summed E-state index contributed by atoms with van der Waals surface area (Å²) in [6.07, 6.45) is 6.75. The fraction of sp³-hybridized carbons (Fsp3) is 0.267. The number of carbonyl (C=O) groups excluding carboxylic acids is 1. The Hall–Kier alpha value is -4.21. The van der Waals surface area contributed by atoms with Gasteiger partial charge in [0, 0.05) is 35.4 Å². The summed E-state index contributed by atoms with van der Waals surface area (Å²) < 4.78 is 9.35. The van der Waals surface area contributed by atoms with E-state index in [1.807, 2.05) is 41.0 Å². The number of amides is 1. The van der Waals surface area contributed by atoms with Crippen LogP contribution in [0.2, 0.25) is 5.02 Å². The molecule has 6 rings (SSSR count). The molecule has 204 valence electrons. The van der Waals surface area contributed by atoms with Crippen molar-refractivity contribution in [3.05, 3.63) is 95.5 Å². The first kappa shape index (κ1) is 26.0. The lowest BCUT2D eigenvalue weighted by Crippen LogP contribution is -2.25. The van der Waals surface area contributed by atoms with Gasteiger partial charge in [-0.25, -0.2) is 9.50 Å². The van der Waals surface area contributed by atoms with Crippen molar-refractivity contribution in [1.82, 2.24) is 29.3 Å². The molecule has 3 aromatic heterocycles. The van der Waals surface area contributed by atoms with Crippen molar-refractivity contribution >= 4 is 28.8 Å². The van der Waals surface area contributed by atoms with Crippen LogP contribution in [0.1, 0.15) is 24.2 Å². The molecule has 1 amide bonds. The summed E-state index contributed by atoms with van der Waals surface area (Å²) >= 11 is 6.01. The number of fused-ring (bicyclic) bond motifs is 1. The molecule has 9 nitrogen and oxygen atoms in total. The van der Waals surface area contributed by atoms with Crippen molar-refractivity contribution in [1.29, 1.82) is 0 Å². The van der Waals surface area contributed by atoms with Gasteiger partial charge in [0.2, 0.25) is 5.91 Å². The fourth-order valence-electron chi connectivity index (χ4n) is 4.92. The van der Waals surface area contributed by atoms with Gasteiger partial charge in [-0.3, -0.25) is 14.4 Å². The number of carbonyl (C=O) groups is 1. The highest BCUT2D eigenvalue weighted by atomic mass is 35.5. The third-order valence-corrected chi connectivity index (χ3v) is 7.14.